The van der Waals surface area contributed by atoms with Gasteiger partial charge in [0.2, 0.25) is 5.91 Å². The van der Waals surface area contributed by atoms with Crippen molar-refractivity contribution in [2.24, 2.45) is 0 Å². The van der Waals surface area contributed by atoms with E-state index < -0.39 is 0 Å². The fourth-order valence-corrected chi connectivity index (χ4v) is 3.70. The molecule has 0 spiro atoms. The van der Waals surface area contributed by atoms with Crippen molar-refractivity contribution in [1.82, 2.24) is 10.2 Å². The van der Waals surface area contributed by atoms with Crippen LogP contribution < -0.4 is 10.1 Å². The largest absolute Gasteiger partial charge is 0.497 e. The molecule has 1 amide bonds. The van der Waals surface area contributed by atoms with Crippen molar-refractivity contribution in [1.29, 1.82) is 0 Å². The number of methoxy groups -OCH3 is 1. The first kappa shape index (κ1) is 18.0. The van der Waals surface area contributed by atoms with Crippen LogP contribution in [0.25, 0.3) is 0 Å². The Kier molecular flexibility index (Phi) is 6.10. The first-order chi connectivity index (χ1) is 12.2. The van der Waals surface area contributed by atoms with Gasteiger partial charge in [-0.2, -0.15) is 0 Å². The monoisotopic (exact) mass is 358 g/mol. The number of thiophene rings is 1. The molecule has 1 heterocycles. The molecule has 1 fully saturated rings. The number of hydrogen-bond donors (Lipinski definition) is 1. The molecule has 1 aliphatic carbocycles. The third kappa shape index (κ3) is 5.06. The molecule has 0 aliphatic heterocycles. The van der Waals surface area contributed by atoms with E-state index in [4.69, 9.17) is 4.74 Å². The zero-order valence-electron chi connectivity index (χ0n) is 14.9. The number of benzene rings is 1. The van der Waals surface area contributed by atoms with Crippen LogP contribution in [0.5, 0.6) is 5.75 Å². The lowest BCUT2D eigenvalue weighted by atomic mass is 10.1. The standard InChI is InChI=1S/C20H26N2O2S/c1-15(20(23)21-12-11-19-4-3-13-25-19)22(17-7-8-17)14-16-5-9-18(24-2)10-6-16/h3-6,9-10,13,15,17H,7-8,11-12,14H2,1-2H3,(H,21,23)/t15-/m0/s1. The molecule has 134 valence electrons. The normalized spacial score (nSPS) is 15.2. The van der Waals surface area contributed by atoms with Crippen LogP contribution in [0.15, 0.2) is 41.8 Å². The highest BCUT2D eigenvalue weighted by Gasteiger charge is 2.34. The molecule has 0 radical (unpaired) electrons. The Labute approximate surface area is 153 Å². The predicted octanol–water partition coefficient (Wildman–Crippen LogP) is 3.47. The number of hydrogen-bond acceptors (Lipinski definition) is 4. The highest BCUT2D eigenvalue weighted by atomic mass is 32.1. The Morgan fingerprint density at radius 2 is 2.08 bits per heavy atom. The molecular formula is C20H26N2O2S. The number of nitrogens with zero attached hydrogens (tertiary/aromatic N) is 1. The predicted molar refractivity (Wildman–Crippen MR) is 102 cm³/mol. The third-order valence-electron chi connectivity index (χ3n) is 4.67. The van der Waals surface area contributed by atoms with Crippen molar-refractivity contribution < 1.29 is 9.53 Å². The molecule has 5 heteroatoms. The Balaban J connectivity index is 1.54. The van der Waals surface area contributed by atoms with E-state index in [1.54, 1.807) is 18.4 Å². The van der Waals surface area contributed by atoms with Gasteiger partial charge in [-0.05, 0) is 55.3 Å². The quantitative estimate of drug-likeness (QED) is 0.746. The summed E-state index contributed by atoms with van der Waals surface area (Å²) in [5, 5.41) is 5.17. The third-order valence-corrected chi connectivity index (χ3v) is 5.60. The van der Waals surface area contributed by atoms with E-state index >= 15 is 0 Å². The summed E-state index contributed by atoms with van der Waals surface area (Å²) in [7, 11) is 1.67. The zero-order chi connectivity index (χ0) is 17.6. The van der Waals surface area contributed by atoms with Crippen LogP contribution in [0, 0.1) is 0 Å². The Hall–Kier alpha value is -1.85. The van der Waals surface area contributed by atoms with E-state index in [0.717, 1.165) is 18.7 Å². The lowest BCUT2D eigenvalue weighted by Crippen LogP contribution is -2.46. The first-order valence-corrected chi connectivity index (χ1v) is 9.74. The van der Waals surface area contributed by atoms with E-state index in [1.807, 2.05) is 25.1 Å². The fourth-order valence-electron chi connectivity index (χ4n) is 2.99. The number of carbonyl (C=O) groups excluding carboxylic acids is 1. The smallest absolute Gasteiger partial charge is 0.237 e. The number of ether oxygens (including phenoxy) is 1. The van der Waals surface area contributed by atoms with Crippen LogP contribution in [0.1, 0.15) is 30.2 Å². The van der Waals surface area contributed by atoms with Gasteiger partial charge in [0.15, 0.2) is 0 Å². The van der Waals surface area contributed by atoms with Crippen molar-refractivity contribution in [2.45, 2.75) is 44.8 Å². The average molecular weight is 359 g/mol. The van der Waals surface area contributed by atoms with E-state index in [1.165, 1.54) is 23.3 Å². The number of carbonyl (C=O) groups is 1. The molecule has 2 aromatic rings. The molecule has 0 bridgehead atoms. The Morgan fingerprint density at radius 3 is 2.68 bits per heavy atom. The van der Waals surface area contributed by atoms with Crippen molar-refractivity contribution in [3.05, 3.63) is 52.2 Å². The van der Waals surface area contributed by atoms with Crippen LogP contribution in [0.2, 0.25) is 0 Å². The second kappa shape index (κ2) is 8.50. The minimum absolute atomic E-state index is 0.113. The van der Waals surface area contributed by atoms with E-state index in [-0.39, 0.29) is 11.9 Å². The summed E-state index contributed by atoms with van der Waals surface area (Å²) >= 11 is 1.74. The molecule has 1 atom stereocenters. The van der Waals surface area contributed by atoms with E-state index in [2.05, 4.69) is 33.8 Å². The van der Waals surface area contributed by atoms with Gasteiger partial charge < -0.3 is 10.1 Å². The van der Waals surface area contributed by atoms with Crippen molar-refractivity contribution >= 4 is 17.2 Å². The second-order valence-corrected chi connectivity index (χ2v) is 7.58. The van der Waals surface area contributed by atoms with Gasteiger partial charge in [-0.15, -0.1) is 11.3 Å². The SMILES string of the molecule is COc1ccc(CN(C2CC2)[C@@H](C)C(=O)NCCc2cccs2)cc1. The minimum atomic E-state index is -0.113. The van der Waals surface area contributed by atoms with Crippen LogP contribution in [0.4, 0.5) is 0 Å². The molecule has 0 unspecified atom stereocenters. The maximum Gasteiger partial charge on any atom is 0.237 e. The van der Waals surface area contributed by atoms with Gasteiger partial charge in [-0.1, -0.05) is 18.2 Å². The van der Waals surface area contributed by atoms with Gasteiger partial charge in [-0.25, -0.2) is 0 Å². The van der Waals surface area contributed by atoms with E-state index in [9.17, 15) is 4.79 Å². The number of nitrogens with one attached hydrogen (secondary N) is 1. The summed E-state index contributed by atoms with van der Waals surface area (Å²) in [6, 6.07) is 12.7. The minimum Gasteiger partial charge on any atom is -0.497 e. The zero-order valence-corrected chi connectivity index (χ0v) is 15.7. The molecule has 3 rings (SSSR count). The molecule has 1 aromatic heterocycles. The van der Waals surface area contributed by atoms with Crippen molar-refractivity contribution in [3.8, 4) is 5.75 Å². The highest BCUT2D eigenvalue weighted by molar-refractivity contribution is 7.09. The average Bonchev–Trinajstić information content (AvgIpc) is 3.35. The molecule has 1 aliphatic rings. The van der Waals surface area contributed by atoms with Gasteiger partial charge >= 0.3 is 0 Å². The van der Waals surface area contributed by atoms with Gasteiger partial charge in [0, 0.05) is 24.0 Å². The molecule has 0 saturated heterocycles. The first-order valence-electron chi connectivity index (χ1n) is 8.86. The maximum absolute atomic E-state index is 12.6. The van der Waals surface area contributed by atoms with Crippen LogP contribution >= 0.6 is 11.3 Å². The summed E-state index contributed by atoms with van der Waals surface area (Å²) < 4.78 is 5.22. The van der Waals surface area contributed by atoms with E-state index in [0.29, 0.717) is 12.6 Å². The topological polar surface area (TPSA) is 41.6 Å². The number of amides is 1. The van der Waals surface area contributed by atoms with Crippen LogP contribution in [0.3, 0.4) is 0 Å². The highest BCUT2D eigenvalue weighted by Crippen LogP contribution is 2.30. The second-order valence-electron chi connectivity index (χ2n) is 6.55. The molecule has 1 N–H and O–H groups in total. The molecule has 1 aromatic carbocycles. The van der Waals surface area contributed by atoms with Crippen LogP contribution in [-0.2, 0) is 17.8 Å². The van der Waals surface area contributed by atoms with Gasteiger partial charge in [0.1, 0.15) is 5.75 Å². The van der Waals surface area contributed by atoms with Gasteiger partial charge in [0.25, 0.3) is 0 Å². The fraction of sp³-hybridized carbons (Fsp3) is 0.450. The molecule has 1 saturated carbocycles. The summed E-state index contributed by atoms with van der Waals surface area (Å²) in [6.45, 7) is 3.52. The lowest BCUT2D eigenvalue weighted by Gasteiger charge is -2.28. The maximum atomic E-state index is 12.6. The van der Waals surface area contributed by atoms with Gasteiger partial charge in [-0.3, -0.25) is 9.69 Å². The summed E-state index contributed by atoms with van der Waals surface area (Å²) in [5.74, 6) is 0.984. The molecule has 25 heavy (non-hydrogen) atoms. The Morgan fingerprint density at radius 1 is 1.32 bits per heavy atom. The summed E-state index contributed by atoms with van der Waals surface area (Å²) in [4.78, 5) is 16.2. The van der Waals surface area contributed by atoms with Crippen molar-refractivity contribution in [3.63, 3.8) is 0 Å². The van der Waals surface area contributed by atoms with Crippen LogP contribution in [-0.4, -0.2) is 36.5 Å². The van der Waals surface area contributed by atoms with Gasteiger partial charge in [0.05, 0.1) is 13.2 Å². The number of rotatable bonds is 9. The summed E-state index contributed by atoms with van der Waals surface area (Å²) in [5.41, 5.74) is 1.21. The summed E-state index contributed by atoms with van der Waals surface area (Å²) in [6.07, 6.45) is 3.27. The lowest BCUT2D eigenvalue weighted by molar-refractivity contribution is -0.126. The molecular weight excluding hydrogens is 332 g/mol. The Bertz CT molecular complexity index is 666. The molecule has 4 nitrogen and oxygen atoms in total. The van der Waals surface area contributed by atoms with Crippen molar-refractivity contribution in [2.75, 3.05) is 13.7 Å².